The highest BCUT2D eigenvalue weighted by molar-refractivity contribution is 7.99. The number of hydrogen-bond donors (Lipinski definition) is 0. The first-order valence-corrected chi connectivity index (χ1v) is 11.9. The van der Waals surface area contributed by atoms with Crippen LogP contribution in [0.4, 0.5) is 13.2 Å². The minimum absolute atomic E-state index is 0.174. The van der Waals surface area contributed by atoms with Crippen molar-refractivity contribution in [1.29, 1.82) is 0 Å². The van der Waals surface area contributed by atoms with E-state index < -0.39 is 11.7 Å². The van der Waals surface area contributed by atoms with Crippen molar-refractivity contribution in [3.05, 3.63) is 93.9 Å². The molecule has 0 N–H and O–H groups in total. The molecule has 4 aromatic rings. The van der Waals surface area contributed by atoms with Crippen molar-refractivity contribution in [3.63, 3.8) is 0 Å². The van der Waals surface area contributed by atoms with Gasteiger partial charge in [0.1, 0.15) is 0 Å². The first-order valence-electron chi connectivity index (χ1n) is 9.97. The van der Waals surface area contributed by atoms with Crippen LogP contribution in [0.15, 0.2) is 81.6 Å². The molecule has 32 heavy (non-hydrogen) atoms. The standard InChI is InChI=1S/C24H17F3N2OS2/c25-24(26,27)17-8-4-9-18(13-17)29-22(30)21-20(11-12-31-21)28-23(29)32-14-16-7-3-6-15-5-1-2-10-19(15)16/h1-10,13H,11-12,14H2. The quantitative estimate of drug-likeness (QED) is 0.257. The Kier molecular flexibility index (Phi) is 5.51. The lowest BCUT2D eigenvalue weighted by atomic mass is 10.1. The molecule has 162 valence electrons. The predicted molar refractivity (Wildman–Crippen MR) is 123 cm³/mol. The van der Waals surface area contributed by atoms with Crippen LogP contribution in [0.1, 0.15) is 16.8 Å². The monoisotopic (exact) mass is 470 g/mol. The van der Waals surface area contributed by atoms with Crippen LogP contribution in [-0.2, 0) is 18.3 Å². The highest BCUT2D eigenvalue weighted by atomic mass is 32.2. The topological polar surface area (TPSA) is 34.9 Å². The van der Waals surface area contributed by atoms with Gasteiger partial charge in [-0.1, -0.05) is 60.3 Å². The molecule has 3 aromatic carbocycles. The van der Waals surface area contributed by atoms with E-state index in [1.54, 1.807) is 0 Å². The Morgan fingerprint density at radius 3 is 2.66 bits per heavy atom. The summed E-state index contributed by atoms with van der Waals surface area (Å²) in [5, 5.41) is 2.62. The largest absolute Gasteiger partial charge is 0.416 e. The first kappa shape index (κ1) is 21.2. The molecule has 5 rings (SSSR count). The molecule has 0 saturated heterocycles. The molecule has 1 aliphatic heterocycles. The van der Waals surface area contributed by atoms with E-state index in [0.717, 1.165) is 39.9 Å². The summed E-state index contributed by atoms with van der Waals surface area (Å²) < 4.78 is 41.3. The second-order valence-electron chi connectivity index (χ2n) is 7.38. The molecule has 0 atom stereocenters. The summed E-state index contributed by atoms with van der Waals surface area (Å²) in [6.07, 6.45) is -3.81. The zero-order valence-electron chi connectivity index (χ0n) is 16.7. The van der Waals surface area contributed by atoms with E-state index in [2.05, 4.69) is 0 Å². The summed E-state index contributed by atoms with van der Waals surface area (Å²) in [7, 11) is 0. The minimum atomic E-state index is -4.49. The highest BCUT2D eigenvalue weighted by Gasteiger charge is 2.31. The fourth-order valence-electron chi connectivity index (χ4n) is 3.80. The van der Waals surface area contributed by atoms with Crippen LogP contribution in [0.2, 0.25) is 0 Å². The smallest absolute Gasteiger partial charge is 0.268 e. The molecular formula is C24H17F3N2OS2. The van der Waals surface area contributed by atoms with Gasteiger partial charge in [0.2, 0.25) is 0 Å². The maximum Gasteiger partial charge on any atom is 0.416 e. The molecule has 0 amide bonds. The average molecular weight is 471 g/mol. The van der Waals surface area contributed by atoms with Crippen molar-refractivity contribution in [2.45, 2.75) is 28.4 Å². The summed E-state index contributed by atoms with van der Waals surface area (Å²) in [5.41, 5.74) is 0.877. The summed E-state index contributed by atoms with van der Waals surface area (Å²) in [5.74, 6) is 1.29. The molecule has 3 nitrogen and oxygen atoms in total. The normalized spacial score (nSPS) is 13.5. The fraction of sp³-hybridized carbons (Fsp3) is 0.167. The van der Waals surface area contributed by atoms with Gasteiger partial charge in [0, 0.05) is 17.9 Å². The van der Waals surface area contributed by atoms with E-state index in [0.29, 0.717) is 22.2 Å². The molecular weight excluding hydrogens is 453 g/mol. The van der Waals surface area contributed by atoms with Crippen molar-refractivity contribution in [2.24, 2.45) is 0 Å². The Morgan fingerprint density at radius 2 is 1.81 bits per heavy atom. The Balaban J connectivity index is 1.60. The Morgan fingerprint density at radius 1 is 1.03 bits per heavy atom. The van der Waals surface area contributed by atoms with Crippen LogP contribution in [0.3, 0.4) is 0 Å². The van der Waals surface area contributed by atoms with Crippen LogP contribution in [-0.4, -0.2) is 15.3 Å². The van der Waals surface area contributed by atoms with Crippen molar-refractivity contribution in [1.82, 2.24) is 9.55 Å². The lowest BCUT2D eigenvalue weighted by Crippen LogP contribution is -2.24. The van der Waals surface area contributed by atoms with Crippen LogP contribution >= 0.6 is 23.5 Å². The van der Waals surface area contributed by atoms with Crippen molar-refractivity contribution in [3.8, 4) is 5.69 Å². The van der Waals surface area contributed by atoms with E-state index >= 15 is 0 Å². The maximum atomic E-state index is 13.3. The number of hydrogen-bond acceptors (Lipinski definition) is 4. The Labute approximate surface area is 190 Å². The van der Waals surface area contributed by atoms with Gasteiger partial charge < -0.3 is 0 Å². The molecule has 0 fully saturated rings. The number of benzene rings is 3. The summed E-state index contributed by atoms with van der Waals surface area (Å²) in [4.78, 5) is 18.5. The van der Waals surface area contributed by atoms with E-state index in [1.807, 2.05) is 42.5 Å². The van der Waals surface area contributed by atoms with Crippen LogP contribution in [0.25, 0.3) is 16.5 Å². The molecule has 1 aromatic heterocycles. The molecule has 0 aliphatic carbocycles. The van der Waals surface area contributed by atoms with Gasteiger partial charge in [-0.15, -0.1) is 11.8 Å². The van der Waals surface area contributed by atoms with Crippen molar-refractivity contribution >= 4 is 34.3 Å². The number of fused-ring (bicyclic) bond motifs is 2. The lowest BCUT2D eigenvalue weighted by Gasteiger charge is -2.16. The Hall–Kier alpha value is -2.71. The number of thioether (sulfide) groups is 2. The Bertz CT molecular complexity index is 1380. The van der Waals surface area contributed by atoms with E-state index in [-0.39, 0.29) is 11.2 Å². The molecule has 2 heterocycles. The molecule has 0 spiro atoms. The van der Waals surface area contributed by atoms with Crippen molar-refractivity contribution < 1.29 is 13.2 Å². The number of halogens is 3. The minimum Gasteiger partial charge on any atom is -0.268 e. The predicted octanol–water partition coefficient (Wildman–Crippen LogP) is 6.35. The third-order valence-corrected chi connectivity index (χ3v) is 7.43. The summed E-state index contributed by atoms with van der Waals surface area (Å²) in [6, 6.07) is 18.9. The van der Waals surface area contributed by atoms with Gasteiger partial charge in [0.25, 0.3) is 5.56 Å². The molecule has 8 heteroatoms. The van der Waals surface area contributed by atoms with Gasteiger partial charge in [-0.05, 0) is 34.5 Å². The maximum absolute atomic E-state index is 13.3. The molecule has 0 unspecified atom stereocenters. The summed E-state index contributed by atoms with van der Waals surface area (Å²) >= 11 is 2.78. The van der Waals surface area contributed by atoms with Gasteiger partial charge in [0.05, 0.1) is 21.8 Å². The van der Waals surface area contributed by atoms with E-state index in [4.69, 9.17) is 4.98 Å². The zero-order valence-corrected chi connectivity index (χ0v) is 18.4. The molecule has 0 radical (unpaired) electrons. The number of aryl methyl sites for hydroxylation is 1. The SMILES string of the molecule is O=c1c2c(nc(SCc3cccc4ccccc34)n1-c1cccc(C(F)(F)F)c1)CCS2. The van der Waals surface area contributed by atoms with E-state index in [9.17, 15) is 18.0 Å². The summed E-state index contributed by atoms with van der Waals surface area (Å²) in [6.45, 7) is 0. The lowest BCUT2D eigenvalue weighted by molar-refractivity contribution is -0.137. The van der Waals surface area contributed by atoms with Crippen LogP contribution in [0, 0.1) is 0 Å². The number of alkyl halides is 3. The van der Waals surface area contributed by atoms with Crippen LogP contribution < -0.4 is 5.56 Å². The number of rotatable bonds is 4. The third kappa shape index (κ3) is 3.93. The van der Waals surface area contributed by atoms with Gasteiger partial charge in [0.15, 0.2) is 5.16 Å². The van der Waals surface area contributed by atoms with E-state index in [1.165, 1.54) is 40.2 Å². The molecule has 0 saturated carbocycles. The van der Waals surface area contributed by atoms with Gasteiger partial charge in [-0.2, -0.15) is 13.2 Å². The number of aromatic nitrogens is 2. The average Bonchev–Trinajstić information content (AvgIpc) is 3.26. The van der Waals surface area contributed by atoms with Gasteiger partial charge in [-0.3, -0.25) is 9.36 Å². The van der Waals surface area contributed by atoms with Gasteiger partial charge >= 0.3 is 6.18 Å². The molecule has 1 aliphatic rings. The third-order valence-electron chi connectivity index (χ3n) is 5.33. The second kappa shape index (κ2) is 8.33. The van der Waals surface area contributed by atoms with Crippen molar-refractivity contribution in [2.75, 3.05) is 5.75 Å². The second-order valence-corrected chi connectivity index (χ2v) is 9.43. The fourth-order valence-corrected chi connectivity index (χ4v) is 5.86. The van der Waals surface area contributed by atoms with Gasteiger partial charge in [-0.25, -0.2) is 4.98 Å². The first-order chi connectivity index (χ1) is 15.4. The zero-order chi connectivity index (χ0) is 22.3. The highest BCUT2D eigenvalue weighted by Crippen LogP contribution is 2.34. The molecule has 0 bridgehead atoms. The number of nitrogens with zero attached hydrogens (tertiary/aromatic N) is 2. The van der Waals surface area contributed by atoms with Crippen LogP contribution in [0.5, 0.6) is 0 Å².